The fourth-order valence-electron chi connectivity index (χ4n) is 2.57. The van der Waals surface area contributed by atoms with E-state index in [1.54, 1.807) is 6.07 Å². The van der Waals surface area contributed by atoms with Crippen LogP contribution in [0.2, 0.25) is 0 Å². The van der Waals surface area contributed by atoms with Gasteiger partial charge in [0, 0.05) is 31.7 Å². The van der Waals surface area contributed by atoms with Gasteiger partial charge in [0.2, 0.25) is 0 Å². The van der Waals surface area contributed by atoms with E-state index in [9.17, 15) is 4.39 Å². The van der Waals surface area contributed by atoms with Crippen LogP contribution in [0.5, 0.6) is 0 Å². The van der Waals surface area contributed by atoms with Crippen LogP contribution in [0.1, 0.15) is 31.4 Å². The summed E-state index contributed by atoms with van der Waals surface area (Å²) in [5.74, 6) is -0.135. The number of aryl methyl sites for hydroxylation is 1. The summed E-state index contributed by atoms with van der Waals surface area (Å²) < 4.78 is 13.3. The lowest BCUT2D eigenvalue weighted by Gasteiger charge is -2.41. The zero-order chi connectivity index (χ0) is 13.2. The normalized spacial score (nSPS) is 25.3. The smallest absolute Gasteiger partial charge is 0.123 e. The van der Waals surface area contributed by atoms with Gasteiger partial charge in [0.25, 0.3) is 0 Å². The number of hydrogen-bond donors (Lipinski definition) is 1. The number of halogens is 1. The van der Waals surface area contributed by atoms with Gasteiger partial charge in [-0.05, 0) is 43.5 Å². The molecule has 0 aliphatic carbocycles. The summed E-state index contributed by atoms with van der Waals surface area (Å²) >= 11 is 0. The van der Waals surface area contributed by atoms with Crippen LogP contribution in [-0.4, -0.2) is 30.1 Å². The van der Waals surface area contributed by atoms with E-state index in [0.29, 0.717) is 0 Å². The molecule has 18 heavy (non-hydrogen) atoms. The van der Waals surface area contributed by atoms with E-state index in [4.69, 9.17) is 0 Å². The summed E-state index contributed by atoms with van der Waals surface area (Å²) in [4.78, 5) is 2.42. The maximum atomic E-state index is 13.3. The second-order valence-corrected chi connectivity index (χ2v) is 5.62. The second kappa shape index (κ2) is 5.37. The minimum absolute atomic E-state index is 0.135. The van der Waals surface area contributed by atoms with Gasteiger partial charge in [-0.3, -0.25) is 4.90 Å². The Morgan fingerprint density at radius 3 is 2.94 bits per heavy atom. The largest absolute Gasteiger partial charge is 0.309 e. The Morgan fingerprint density at radius 1 is 1.44 bits per heavy atom. The molecule has 1 atom stereocenters. The molecule has 3 heteroatoms. The molecule has 1 N–H and O–H groups in total. The molecule has 1 heterocycles. The van der Waals surface area contributed by atoms with Gasteiger partial charge in [-0.15, -0.1) is 0 Å². The molecule has 0 amide bonds. The summed E-state index contributed by atoms with van der Waals surface area (Å²) in [6.45, 7) is 10.4. The van der Waals surface area contributed by atoms with Crippen molar-refractivity contribution in [1.29, 1.82) is 0 Å². The Balaban J connectivity index is 2.07. The average Bonchev–Trinajstić information content (AvgIpc) is 2.34. The maximum Gasteiger partial charge on any atom is 0.123 e. The van der Waals surface area contributed by atoms with E-state index < -0.39 is 0 Å². The molecule has 1 aliphatic heterocycles. The summed E-state index contributed by atoms with van der Waals surface area (Å²) in [5, 5.41) is 3.57. The average molecular weight is 250 g/mol. The molecule has 1 aromatic carbocycles. The van der Waals surface area contributed by atoms with E-state index >= 15 is 0 Å². The van der Waals surface area contributed by atoms with E-state index in [-0.39, 0.29) is 11.4 Å². The van der Waals surface area contributed by atoms with Crippen molar-refractivity contribution in [3.8, 4) is 0 Å². The predicted molar refractivity (Wildman–Crippen MR) is 73.1 cm³/mol. The van der Waals surface area contributed by atoms with Crippen LogP contribution in [0, 0.1) is 12.7 Å². The summed E-state index contributed by atoms with van der Waals surface area (Å²) in [6, 6.07) is 5.07. The van der Waals surface area contributed by atoms with Crippen LogP contribution >= 0.6 is 0 Å². The molecule has 2 nitrogen and oxygen atoms in total. The third-order valence-corrected chi connectivity index (χ3v) is 4.04. The van der Waals surface area contributed by atoms with Crippen LogP contribution in [0.25, 0.3) is 0 Å². The fourth-order valence-corrected chi connectivity index (χ4v) is 2.57. The molecule has 100 valence electrons. The molecule has 0 spiro atoms. The number of nitrogens with zero attached hydrogens (tertiary/aromatic N) is 1. The minimum atomic E-state index is -0.135. The molecule has 2 rings (SSSR count). The van der Waals surface area contributed by atoms with Crippen LogP contribution in [-0.2, 0) is 6.54 Å². The summed E-state index contributed by atoms with van der Waals surface area (Å²) in [6.07, 6.45) is 1.12. The van der Waals surface area contributed by atoms with Crippen molar-refractivity contribution >= 4 is 0 Å². The fraction of sp³-hybridized carbons (Fsp3) is 0.600. The highest BCUT2D eigenvalue weighted by molar-refractivity contribution is 5.26. The third kappa shape index (κ3) is 3.09. The van der Waals surface area contributed by atoms with Gasteiger partial charge in [0.05, 0.1) is 0 Å². The van der Waals surface area contributed by atoms with Gasteiger partial charge in [-0.25, -0.2) is 4.39 Å². The van der Waals surface area contributed by atoms with Gasteiger partial charge in [-0.2, -0.15) is 0 Å². The van der Waals surface area contributed by atoms with Crippen molar-refractivity contribution in [2.75, 3.05) is 19.6 Å². The molecular weight excluding hydrogens is 227 g/mol. The molecule has 0 aromatic heterocycles. The van der Waals surface area contributed by atoms with Crippen molar-refractivity contribution in [3.63, 3.8) is 0 Å². The van der Waals surface area contributed by atoms with Gasteiger partial charge in [0.1, 0.15) is 5.82 Å². The van der Waals surface area contributed by atoms with E-state index in [1.165, 1.54) is 11.6 Å². The lowest BCUT2D eigenvalue weighted by atomic mass is 9.95. The number of benzene rings is 1. The topological polar surface area (TPSA) is 15.3 Å². The highest BCUT2D eigenvalue weighted by Gasteiger charge is 2.28. The SMILES string of the molecule is CCC1(C)CN(Cc2cc(F)ccc2C)CCN1. The van der Waals surface area contributed by atoms with Crippen molar-refractivity contribution in [3.05, 3.63) is 35.1 Å². The number of rotatable bonds is 3. The standard InChI is InChI=1S/C15H23FN2/c1-4-15(3)11-18(8-7-17-15)10-13-9-14(16)6-5-12(13)2/h5-6,9,17H,4,7-8,10-11H2,1-3H3. The molecule has 1 aliphatic rings. The first-order chi connectivity index (χ1) is 8.52. The molecule has 1 saturated heterocycles. The molecule has 0 saturated carbocycles. The van der Waals surface area contributed by atoms with Crippen molar-refractivity contribution in [1.82, 2.24) is 10.2 Å². The maximum absolute atomic E-state index is 13.3. The lowest BCUT2D eigenvalue weighted by molar-refractivity contribution is 0.133. The monoisotopic (exact) mass is 250 g/mol. The molecule has 0 bridgehead atoms. The van der Waals surface area contributed by atoms with Gasteiger partial charge >= 0.3 is 0 Å². The zero-order valence-electron chi connectivity index (χ0n) is 11.6. The number of nitrogens with one attached hydrogen (secondary N) is 1. The van der Waals surface area contributed by atoms with Crippen LogP contribution < -0.4 is 5.32 Å². The molecule has 1 fully saturated rings. The van der Waals surface area contributed by atoms with Crippen molar-refractivity contribution in [2.24, 2.45) is 0 Å². The lowest BCUT2D eigenvalue weighted by Crippen LogP contribution is -2.58. The van der Waals surface area contributed by atoms with Crippen LogP contribution in [0.4, 0.5) is 4.39 Å². The second-order valence-electron chi connectivity index (χ2n) is 5.62. The number of piperazine rings is 1. The Kier molecular flexibility index (Phi) is 4.03. The quantitative estimate of drug-likeness (QED) is 0.887. The summed E-state index contributed by atoms with van der Waals surface area (Å²) in [7, 11) is 0. The molecule has 1 unspecified atom stereocenters. The van der Waals surface area contributed by atoms with Gasteiger partial charge in [-0.1, -0.05) is 13.0 Å². The highest BCUT2D eigenvalue weighted by Crippen LogP contribution is 2.19. The first-order valence-corrected chi connectivity index (χ1v) is 6.75. The van der Waals surface area contributed by atoms with Gasteiger partial charge < -0.3 is 5.32 Å². The van der Waals surface area contributed by atoms with Crippen molar-refractivity contribution in [2.45, 2.75) is 39.3 Å². The zero-order valence-corrected chi connectivity index (χ0v) is 11.6. The van der Waals surface area contributed by atoms with E-state index in [0.717, 1.165) is 38.2 Å². The molecular formula is C15H23FN2. The Bertz CT molecular complexity index is 419. The Hall–Kier alpha value is -0.930. The minimum Gasteiger partial charge on any atom is -0.309 e. The first kappa shape index (κ1) is 13.5. The molecule has 0 radical (unpaired) electrons. The van der Waals surface area contributed by atoms with E-state index in [2.05, 4.69) is 31.0 Å². The molecule has 1 aromatic rings. The Labute approximate surface area is 109 Å². The Morgan fingerprint density at radius 2 is 2.22 bits per heavy atom. The summed E-state index contributed by atoms with van der Waals surface area (Å²) in [5.41, 5.74) is 2.47. The van der Waals surface area contributed by atoms with E-state index in [1.807, 2.05) is 6.07 Å². The predicted octanol–water partition coefficient (Wildman–Crippen LogP) is 2.71. The first-order valence-electron chi connectivity index (χ1n) is 6.75. The van der Waals surface area contributed by atoms with Crippen LogP contribution in [0.3, 0.4) is 0 Å². The highest BCUT2D eigenvalue weighted by atomic mass is 19.1. The third-order valence-electron chi connectivity index (χ3n) is 4.04. The number of hydrogen-bond acceptors (Lipinski definition) is 2. The van der Waals surface area contributed by atoms with Crippen molar-refractivity contribution < 1.29 is 4.39 Å². The van der Waals surface area contributed by atoms with Crippen LogP contribution in [0.15, 0.2) is 18.2 Å². The van der Waals surface area contributed by atoms with Gasteiger partial charge in [0.15, 0.2) is 0 Å².